The van der Waals surface area contributed by atoms with Crippen LogP contribution < -0.4 is 5.32 Å². The summed E-state index contributed by atoms with van der Waals surface area (Å²) in [5.41, 5.74) is 5.60. The van der Waals surface area contributed by atoms with Crippen LogP contribution in [0.3, 0.4) is 0 Å². The average Bonchev–Trinajstić information content (AvgIpc) is 3.23. The number of nitrogens with one attached hydrogen (secondary N) is 2. The van der Waals surface area contributed by atoms with Crippen LogP contribution in [0.2, 0.25) is 0 Å². The normalized spacial score (nSPS) is 14.9. The highest BCUT2D eigenvalue weighted by Crippen LogP contribution is 2.38. The second-order valence-corrected chi connectivity index (χ2v) is 10.2. The van der Waals surface area contributed by atoms with Crippen LogP contribution >= 0.6 is 11.8 Å². The molecule has 0 bridgehead atoms. The molecule has 2 aromatic heterocycles. The number of pyridine rings is 1. The van der Waals surface area contributed by atoms with Crippen LogP contribution in [0.15, 0.2) is 77.8 Å². The highest BCUT2D eigenvalue weighted by molar-refractivity contribution is 7.99. The number of benzene rings is 2. The van der Waals surface area contributed by atoms with Crippen molar-refractivity contribution in [2.45, 2.75) is 31.1 Å². The highest BCUT2D eigenvalue weighted by atomic mass is 32.2. The topological polar surface area (TPSA) is 74.8 Å². The molecule has 5 rings (SSSR count). The fourth-order valence-electron chi connectivity index (χ4n) is 4.73. The minimum Gasteiger partial charge on any atom is -0.358 e. The van der Waals surface area contributed by atoms with Crippen LogP contribution in [0.4, 0.5) is 10.2 Å². The monoisotopic (exact) mass is 499 g/mol. The number of thioether (sulfide) groups is 1. The summed E-state index contributed by atoms with van der Waals surface area (Å²) in [6, 6.07) is 20.3. The summed E-state index contributed by atoms with van der Waals surface area (Å²) in [7, 11) is 0. The molecule has 2 aromatic carbocycles. The average molecular weight is 500 g/mol. The van der Waals surface area contributed by atoms with Gasteiger partial charge in [-0.05, 0) is 59.9 Å². The summed E-state index contributed by atoms with van der Waals surface area (Å²) in [5.74, 6) is 1.14. The van der Waals surface area contributed by atoms with E-state index in [1.54, 1.807) is 30.1 Å². The van der Waals surface area contributed by atoms with E-state index in [1.807, 2.05) is 30.3 Å². The van der Waals surface area contributed by atoms with Gasteiger partial charge in [-0.1, -0.05) is 30.3 Å². The van der Waals surface area contributed by atoms with Crippen molar-refractivity contribution in [3.8, 4) is 11.3 Å². The lowest BCUT2D eigenvalue weighted by atomic mass is 9.84. The Balaban J connectivity index is 1.47. The lowest BCUT2D eigenvalue weighted by molar-refractivity contribution is -0.114. The third-order valence-corrected chi connectivity index (χ3v) is 7.55. The number of aromatic nitrogens is 2. The molecular weight excluding hydrogens is 473 g/mol. The third kappa shape index (κ3) is 5.41. The molecule has 0 aliphatic heterocycles. The Morgan fingerprint density at radius 2 is 1.89 bits per heavy atom. The Morgan fingerprint density at radius 3 is 2.64 bits per heavy atom. The van der Waals surface area contributed by atoms with Gasteiger partial charge in [0.15, 0.2) is 5.78 Å². The standard InChI is InChI=1S/C29H26FN3O2S/c1-18(34)32-27-16-21(11-12-31-27)29-24(13-19-5-3-2-4-6-19)28-25(33-29)14-20(15-26(28)35)17-36-23-9-7-22(30)8-10-23/h2-12,16,20,33H,13-15,17H2,1H3,(H,31,32,34). The van der Waals surface area contributed by atoms with Gasteiger partial charge in [0, 0.05) is 53.4 Å². The first-order valence-electron chi connectivity index (χ1n) is 11.9. The lowest BCUT2D eigenvalue weighted by Crippen LogP contribution is -2.22. The van der Waals surface area contributed by atoms with Crippen LogP contribution in [0, 0.1) is 11.7 Å². The first kappa shape index (κ1) is 24.0. The molecule has 4 aromatic rings. The second kappa shape index (κ2) is 10.5. The highest BCUT2D eigenvalue weighted by Gasteiger charge is 2.31. The number of hydrogen-bond donors (Lipinski definition) is 2. The van der Waals surface area contributed by atoms with Crippen molar-refractivity contribution in [3.63, 3.8) is 0 Å². The maximum atomic E-state index is 13.5. The van der Waals surface area contributed by atoms with Gasteiger partial charge in [0.05, 0.1) is 5.69 Å². The molecule has 2 N–H and O–H groups in total. The van der Waals surface area contributed by atoms with E-state index >= 15 is 0 Å². The number of carbonyl (C=O) groups is 2. The molecule has 0 fully saturated rings. The number of fused-ring (bicyclic) bond motifs is 1. The minimum atomic E-state index is -0.250. The zero-order valence-electron chi connectivity index (χ0n) is 19.9. The molecule has 1 amide bonds. The molecule has 182 valence electrons. The number of ketones is 1. The predicted molar refractivity (Wildman–Crippen MR) is 141 cm³/mol. The van der Waals surface area contributed by atoms with Gasteiger partial charge in [0.2, 0.25) is 5.91 Å². The van der Waals surface area contributed by atoms with Crippen molar-refractivity contribution < 1.29 is 14.0 Å². The number of nitrogens with zero attached hydrogens (tertiary/aromatic N) is 1. The summed E-state index contributed by atoms with van der Waals surface area (Å²) in [5, 5.41) is 2.74. The quantitative estimate of drug-likeness (QED) is 0.293. The molecule has 0 saturated heterocycles. The fourth-order valence-corrected chi connectivity index (χ4v) is 5.72. The van der Waals surface area contributed by atoms with E-state index in [4.69, 9.17) is 0 Å². The van der Waals surface area contributed by atoms with Gasteiger partial charge >= 0.3 is 0 Å². The van der Waals surface area contributed by atoms with Crippen LogP contribution in [0.25, 0.3) is 11.3 Å². The van der Waals surface area contributed by atoms with E-state index in [-0.39, 0.29) is 23.4 Å². The first-order chi connectivity index (χ1) is 17.5. The summed E-state index contributed by atoms with van der Waals surface area (Å²) in [6.45, 7) is 1.45. The van der Waals surface area contributed by atoms with Crippen molar-refractivity contribution in [3.05, 3.63) is 101 Å². The van der Waals surface area contributed by atoms with Crippen molar-refractivity contribution in [2.24, 2.45) is 5.92 Å². The molecule has 1 unspecified atom stereocenters. The molecule has 0 saturated carbocycles. The number of hydrogen-bond acceptors (Lipinski definition) is 4. The number of carbonyl (C=O) groups excluding carboxylic acids is 2. The van der Waals surface area contributed by atoms with E-state index < -0.39 is 0 Å². The van der Waals surface area contributed by atoms with E-state index in [0.29, 0.717) is 18.7 Å². The smallest absolute Gasteiger partial charge is 0.222 e. The summed E-state index contributed by atoms with van der Waals surface area (Å²) in [4.78, 5) is 33.8. The number of Topliss-reactive ketones (excluding diaryl/α,β-unsaturated/α-hetero) is 1. The van der Waals surface area contributed by atoms with Crippen molar-refractivity contribution in [2.75, 3.05) is 11.1 Å². The SMILES string of the molecule is CC(=O)Nc1cc(-c2[nH]c3c(c2Cc2ccccc2)C(=O)CC(CSc2ccc(F)cc2)C3)ccn1. The van der Waals surface area contributed by atoms with Gasteiger partial charge in [0.25, 0.3) is 0 Å². The van der Waals surface area contributed by atoms with Crippen LogP contribution in [-0.4, -0.2) is 27.4 Å². The first-order valence-corrected chi connectivity index (χ1v) is 12.9. The zero-order chi connectivity index (χ0) is 25.1. The number of H-pyrrole nitrogens is 1. The fraction of sp³-hybridized carbons (Fsp3) is 0.207. The van der Waals surface area contributed by atoms with Crippen LogP contribution in [0.5, 0.6) is 0 Å². The van der Waals surface area contributed by atoms with E-state index in [2.05, 4.69) is 27.4 Å². The Bertz CT molecular complexity index is 1400. The molecular formula is C29H26FN3O2S. The van der Waals surface area contributed by atoms with Gasteiger partial charge < -0.3 is 10.3 Å². The molecule has 2 heterocycles. The van der Waals surface area contributed by atoms with Gasteiger partial charge in [-0.2, -0.15) is 0 Å². The number of aromatic amines is 1. The molecule has 7 heteroatoms. The van der Waals surface area contributed by atoms with Gasteiger partial charge in [-0.15, -0.1) is 11.8 Å². The number of amides is 1. The van der Waals surface area contributed by atoms with E-state index in [9.17, 15) is 14.0 Å². The number of rotatable bonds is 7. The molecule has 5 nitrogen and oxygen atoms in total. The lowest BCUT2D eigenvalue weighted by Gasteiger charge is -2.21. The van der Waals surface area contributed by atoms with E-state index in [0.717, 1.165) is 50.7 Å². The van der Waals surface area contributed by atoms with Crippen LogP contribution in [0.1, 0.15) is 40.5 Å². The Hall–Kier alpha value is -3.71. The maximum Gasteiger partial charge on any atom is 0.222 e. The third-order valence-electron chi connectivity index (χ3n) is 6.30. The molecule has 1 aliphatic rings. The van der Waals surface area contributed by atoms with Crippen molar-refractivity contribution in [1.29, 1.82) is 0 Å². The van der Waals surface area contributed by atoms with Crippen LogP contribution in [-0.2, 0) is 17.6 Å². The Labute approximate surface area is 213 Å². The van der Waals surface area contributed by atoms with Crippen molar-refractivity contribution in [1.82, 2.24) is 9.97 Å². The maximum absolute atomic E-state index is 13.5. The molecule has 0 spiro atoms. The number of anilines is 1. The molecule has 1 aliphatic carbocycles. The van der Waals surface area contributed by atoms with Gasteiger partial charge in [-0.3, -0.25) is 9.59 Å². The van der Waals surface area contributed by atoms with Gasteiger partial charge in [0.1, 0.15) is 11.6 Å². The Morgan fingerprint density at radius 1 is 1.11 bits per heavy atom. The summed E-state index contributed by atoms with van der Waals surface area (Å²) < 4.78 is 13.2. The molecule has 36 heavy (non-hydrogen) atoms. The molecule has 1 atom stereocenters. The molecule has 0 radical (unpaired) electrons. The predicted octanol–water partition coefficient (Wildman–Crippen LogP) is 6.30. The van der Waals surface area contributed by atoms with E-state index in [1.165, 1.54) is 19.1 Å². The largest absolute Gasteiger partial charge is 0.358 e. The Kier molecular flexibility index (Phi) is 7.00. The van der Waals surface area contributed by atoms with Gasteiger partial charge in [-0.25, -0.2) is 9.37 Å². The second-order valence-electron chi connectivity index (χ2n) is 9.07. The minimum absolute atomic E-state index is 0.144. The zero-order valence-corrected chi connectivity index (χ0v) is 20.7. The summed E-state index contributed by atoms with van der Waals surface area (Å²) in [6.07, 6.45) is 3.53. The number of halogens is 1. The summed E-state index contributed by atoms with van der Waals surface area (Å²) >= 11 is 1.65. The van der Waals surface area contributed by atoms with Crippen molar-refractivity contribution >= 4 is 29.3 Å².